The highest BCUT2D eigenvalue weighted by molar-refractivity contribution is 7.92. The summed E-state index contributed by atoms with van der Waals surface area (Å²) < 4.78 is 74.7. The number of benzene rings is 1. The molecule has 1 fully saturated rings. The third-order valence-electron chi connectivity index (χ3n) is 4.22. The number of rotatable bonds is 5. The van der Waals surface area contributed by atoms with Crippen molar-refractivity contribution in [1.82, 2.24) is 4.98 Å². The molecule has 2 heterocycles. The van der Waals surface area contributed by atoms with E-state index in [2.05, 4.69) is 15.0 Å². The Hall–Kier alpha value is -2.60. The minimum Gasteiger partial charge on any atom is -0.448 e. The molecule has 2 aromatic rings. The maximum absolute atomic E-state index is 13.0. The lowest BCUT2D eigenvalue weighted by Crippen LogP contribution is -2.18. The van der Waals surface area contributed by atoms with E-state index in [9.17, 15) is 26.4 Å². The minimum absolute atomic E-state index is 0.0127. The fraction of sp³-hybridized carbons (Fsp3) is 0.412. The highest BCUT2D eigenvalue weighted by atomic mass is 32.2. The second-order valence-corrected chi connectivity index (χ2v) is 8.29. The molecule has 0 saturated carbocycles. The molecule has 0 spiro atoms. The topological polar surface area (TPSA) is 111 Å². The first-order valence-corrected chi connectivity index (χ1v) is 10.5. The van der Waals surface area contributed by atoms with Gasteiger partial charge in [0.2, 0.25) is 10.0 Å². The first-order valence-electron chi connectivity index (χ1n) is 8.56. The van der Waals surface area contributed by atoms with E-state index in [4.69, 9.17) is 9.15 Å². The molecule has 1 amide bonds. The summed E-state index contributed by atoms with van der Waals surface area (Å²) in [4.78, 5) is 16.6. The predicted molar refractivity (Wildman–Crippen MR) is 97.2 cm³/mol. The van der Waals surface area contributed by atoms with Crippen molar-refractivity contribution in [1.29, 1.82) is 0 Å². The van der Waals surface area contributed by atoms with Crippen molar-refractivity contribution < 1.29 is 35.5 Å². The summed E-state index contributed by atoms with van der Waals surface area (Å²) in [5, 5.41) is 2.27. The van der Waals surface area contributed by atoms with Gasteiger partial charge in [0, 0.05) is 19.1 Å². The van der Waals surface area contributed by atoms with E-state index in [0.29, 0.717) is 44.1 Å². The molecule has 1 aliphatic heterocycles. The van der Waals surface area contributed by atoms with Gasteiger partial charge < -0.3 is 14.5 Å². The SMILES string of the molecule is CS(=O)(=O)Nc1ccc(C(F)(F)F)cc1NC(=O)c1coc(C2CCOCC2)n1. The maximum atomic E-state index is 13.0. The van der Waals surface area contributed by atoms with Crippen molar-refractivity contribution >= 4 is 27.3 Å². The molecule has 1 aromatic heterocycles. The van der Waals surface area contributed by atoms with Gasteiger partial charge in [0.25, 0.3) is 5.91 Å². The predicted octanol–water partition coefficient (Wildman–Crippen LogP) is 3.21. The number of hydrogen-bond acceptors (Lipinski definition) is 6. The van der Waals surface area contributed by atoms with Gasteiger partial charge in [0.05, 0.1) is 23.2 Å². The van der Waals surface area contributed by atoms with Crippen LogP contribution < -0.4 is 10.0 Å². The lowest BCUT2D eigenvalue weighted by Gasteiger charge is -2.18. The van der Waals surface area contributed by atoms with Crippen molar-refractivity contribution in [2.75, 3.05) is 29.5 Å². The molecule has 0 atom stereocenters. The highest BCUT2D eigenvalue weighted by Gasteiger charge is 2.31. The first-order chi connectivity index (χ1) is 13.5. The van der Waals surface area contributed by atoms with Crippen LogP contribution in [-0.4, -0.2) is 38.8 Å². The number of carbonyl (C=O) groups excluding carboxylic acids is 1. The van der Waals surface area contributed by atoms with E-state index in [-0.39, 0.29) is 23.0 Å². The second-order valence-electron chi connectivity index (χ2n) is 6.54. The fourth-order valence-electron chi connectivity index (χ4n) is 2.82. The number of amides is 1. The molecule has 158 valence electrons. The first kappa shape index (κ1) is 21.1. The monoisotopic (exact) mass is 433 g/mol. The second kappa shape index (κ2) is 8.03. The van der Waals surface area contributed by atoms with Gasteiger partial charge in [0.1, 0.15) is 6.26 Å². The zero-order valence-electron chi connectivity index (χ0n) is 15.2. The van der Waals surface area contributed by atoms with E-state index in [0.717, 1.165) is 18.6 Å². The molecule has 1 aromatic carbocycles. The van der Waals surface area contributed by atoms with E-state index >= 15 is 0 Å². The van der Waals surface area contributed by atoms with Gasteiger partial charge >= 0.3 is 6.18 Å². The molecule has 2 N–H and O–H groups in total. The van der Waals surface area contributed by atoms with Crippen LogP contribution in [0.1, 0.15) is 40.7 Å². The van der Waals surface area contributed by atoms with Crippen LogP contribution in [0.5, 0.6) is 0 Å². The molecule has 0 unspecified atom stereocenters. The molecule has 1 saturated heterocycles. The summed E-state index contributed by atoms with van der Waals surface area (Å²) in [5.74, 6) is -0.499. The number of aromatic nitrogens is 1. The molecular formula is C17H18F3N3O5S. The highest BCUT2D eigenvalue weighted by Crippen LogP contribution is 2.34. The zero-order chi connectivity index (χ0) is 21.2. The average Bonchev–Trinajstić information content (AvgIpc) is 3.12. The van der Waals surface area contributed by atoms with Gasteiger partial charge in [-0.15, -0.1) is 0 Å². The number of carbonyl (C=O) groups is 1. The number of oxazole rings is 1. The summed E-state index contributed by atoms with van der Waals surface area (Å²) in [6, 6.07) is 2.28. The van der Waals surface area contributed by atoms with Crippen LogP contribution in [0.15, 0.2) is 28.9 Å². The third kappa shape index (κ3) is 5.48. The lowest BCUT2D eigenvalue weighted by molar-refractivity contribution is -0.137. The average molecular weight is 433 g/mol. The van der Waals surface area contributed by atoms with Crippen LogP contribution in [-0.2, 0) is 20.9 Å². The standard InChI is InChI=1S/C17H18F3N3O5S/c1-29(25,26)23-12-3-2-11(17(18,19)20)8-13(12)21-15(24)14-9-28-16(22-14)10-4-6-27-7-5-10/h2-3,8-10,23H,4-7H2,1H3,(H,21,24). The molecule has 0 radical (unpaired) electrons. The smallest absolute Gasteiger partial charge is 0.416 e. The quantitative estimate of drug-likeness (QED) is 0.749. The lowest BCUT2D eigenvalue weighted by atomic mass is 10.0. The molecule has 29 heavy (non-hydrogen) atoms. The van der Waals surface area contributed by atoms with Crippen molar-refractivity contribution in [3.8, 4) is 0 Å². The molecular weight excluding hydrogens is 415 g/mol. The number of hydrogen-bond donors (Lipinski definition) is 2. The van der Waals surface area contributed by atoms with E-state index in [1.807, 2.05) is 0 Å². The van der Waals surface area contributed by atoms with Gasteiger partial charge in [-0.1, -0.05) is 0 Å². The normalized spacial score (nSPS) is 15.9. The van der Waals surface area contributed by atoms with Gasteiger partial charge in [-0.3, -0.25) is 9.52 Å². The summed E-state index contributed by atoms with van der Waals surface area (Å²) in [6.07, 6.45) is -1.37. The fourth-order valence-corrected chi connectivity index (χ4v) is 3.40. The Bertz CT molecular complexity index is 998. The van der Waals surface area contributed by atoms with Crippen LogP contribution in [0.2, 0.25) is 0 Å². The molecule has 0 aliphatic carbocycles. The minimum atomic E-state index is -4.67. The Balaban J connectivity index is 1.85. The Labute approximate surface area is 164 Å². The Morgan fingerprint density at radius 3 is 2.52 bits per heavy atom. The molecule has 0 bridgehead atoms. The zero-order valence-corrected chi connectivity index (χ0v) is 16.1. The number of alkyl halides is 3. The summed E-state index contributed by atoms with van der Waals surface area (Å²) in [5.41, 5.74) is -1.74. The van der Waals surface area contributed by atoms with Crippen molar-refractivity contribution in [3.05, 3.63) is 41.6 Å². The van der Waals surface area contributed by atoms with Gasteiger partial charge in [-0.25, -0.2) is 13.4 Å². The van der Waals surface area contributed by atoms with Crippen molar-refractivity contribution in [2.45, 2.75) is 24.9 Å². The van der Waals surface area contributed by atoms with Crippen LogP contribution in [0.4, 0.5) is 24.5 Å². The Kier molecular flexibility index (Phi) is 5.85. The van der Waals surface area contributed by atoms with Crippen LogP contribution in [0.3, 0.4) is 0 Å². The van der Waals surface area contributed by atoms with Crippen LogP contribution in [0.25, 0.3) is 0 Å². The molecule has 8 nitrogen and oxygen atoms in total. The third-order valence-corrected chi connectivity index (χ3v) is 4.81. The van der Waals surface area contributed by atoms with Crippen LogP contribution in [0, 0.1) is 0 Å². The van der Waals surface area contributed by atoms with Crippen LogP contribution >= 0.6 is 0 Å². The number of sulfonamides is 1. The number of anilines is 2. The summed E-state index contributed by atoms with van der Waals surface area (Å²) >= 11 is 0. The number of nitrogens with zero attached hydrogens (tertiary/aromatic N) is 1. The summed E-state index contributed by atoms with van der Waals surface area (Å²) in [7, 11) is -3.79. The van der Waals surface area contributed by atoms with Gasteiger partial charge in [0.15, 0.2) is 11.6 Å². The van der Waals surface area contributed by atoms with E-state index < -0.39 is 27.7 Å². The molecule has 1 aliphatic rings. The molecule has 3 rings (SSSR count). The van der Waals surface area contributed by atoms with Crippen molar-refractivity contribution in [2.24, 2.45) is 0 Å². The molecule has 12 heteroatoms. The van der Waals surface area contributed by atoms with E-state index in [1.165, 1.54) is 0 Å². The van der Waals surface area contributed by atoms with E-state index in [1.54, 1.807) is 0 Å². The van der Waals surface area contributed by atoms with Gasteiger partial charge in [-0.05, 0) is 31.0 Å². The van der Waals surface area contributed by atoms with Crippen molar-refractivity contribution in [3.63, 3.8) is 0 Å². The summed E-state index contributed by atoms with van der Waals surface area (Å²) in [6.45, 7) is 1.08. The largest absolute Gasteiger partial charge is 0.448 e. The Morgan fingerprint density at radius 2 is 1.90 bits per heavy atom. The number of ether oxygens (including phenoxy) is 1. The number of halogens is 3. The maximum Gasteiger partial charge on any atom is 0.416 e. The number of nitrogens with one attached hydrogen (secondary N) is 2. The van der Waals surface area contributed by atoms with Gasteiger partial charge in [-0.2, -0.15) is 13.2 Å². The Morgan fingerprint density at radius 1 is 1.21 bits per heavy atom.